The maximum Gasteiger partial charge on any atom is 0.323 e. The fraction of sp³-hybridized carbons (Fsp3) is 0.438. The van der Waals surface area contributed by atoms with E-state index in [9.17, 15) is 14.4 Å². The maximum atomic E-state index is 12.5. The second-order valence-corrected chi connectivity index (χ2v) is 6.20. The van der Waals surface area contributed by atoms with E-state index in [0.29, 0.717) is 6.42 Å². The molecule has 24 heavy (non-hydrogen) atoms. The van der Waals surface area contributed by atoms with Crippen LogP contribution in [0.4, 0.5) is 0 Å². The molecular formula is C16H20Cl2N2O4. The Labute approximate surface area is 150 Å². The highest BCUT2D eigenvalue weighted by molar-refractivity contribution is 6.43. The van der Waals surface area contributed by atoms with Crippen LogP contribution in [-0.4, -0.2) is 46.4 Å². The van der Waals surface area contributed by atoms with Crippen molar-refractivity contribution in [2.24, 2.45) is 0 Å². The fourth-order valence-corrected chi connectivity index (χ4v) is 2.47. The quantitative estimate of drug-likeness (QED) is 0.767. The second kappa shape index (κ2) is 8.89. The molecule has 1 aromatic carbocycles. The lowest BCUT2D eigenvalue weighted by Crippen LogP contribution is -2.51. The molecule has 0 fully saturated rings. The molecule has 0 heterocycles. The third kappa shape index (κ3) is 5.11. The van der Waals surface area contributed by atoms with E-state index in [0.717, 1.165) is 0 Å². The van der Waals surface area contributed by atoms with Gasteiger partial charge in [0, 0.05) is 6.04 Å². The molecule has 132 valence electrons. The van der Waals surface area contributed by atoms with Crippen LogP contribution >= 0.6 is 23.2 Å². The van der Waals surface area contributed by atoms with Gasteiger partial charge in [-0.2, -0.15) is 0 Å². The van der Waals surface area contributed by atoms with Gasteiger partial charge >= 0.3 is 5.97 Å². The summed E-state index contributed by atoms with van der Waals surface area (Å²) in [7, 11) is 0. The first-order valence-corrected chi connectivity index (χ1v) is 8.21. The van der Waals surface area contributed by atoms with Gasteiger partial charge in [-0.1, -0.05) is 36.2 Å². The molecule has 8 heteroatoms. The maximum absolute atomic E-state index is 12.5. The van der Waals surface area contributed by atoms with Crippen molar-refractivity contribution in [1.82, 2.24) is 10.2 Å². The van der Waals surface area contributed by atoms with E-state index >= 15 is 0 Å². The number of carboxylic acid groups (broad SMARTS) is 1. The van der Waals surface area contributed by atoms with Crippen molar-refractivity contribution in [3.63, 3.8) is 0 Å². The zero-order valence-electron chi connectivity index (χ0n) is 13.7. The summed E-state index contributed by atoms with van der Waals surface area (Å²) in [6, 6.07) is 3.45. The van der Waals surface area contributed by atoms with Crippen molar-refractivity contribution >= 4 is 41.0 Å². The highest BCUT2D eigenvalue weighted by Gasteiger charge is 2.27. The van der Waals surface area contributed by atoms with Crippen LogP contribution in [0, 0.1) is 0 Å². The van der Waals surface area contributed by atoms with E-state index < -0.39 is 30.4 Å². The molecule has 0 aliphatic heterocycles. The van der Waals surface area contributed by atoms with Gasteiger partial charge in [0.15, 0.2) is 0 Å². The van der Waals surface area contributed by atoms with Gasteiger partial charge in [0.25, 0.3) is 5.91 Å². The van der Waals surface area contributed by atoms with Gasteiger partial charge in [-0.05, 0) is 32.4 Å². The first kappa shape index (κ1) is 20.3. The number of nitrogens with one attached hydrogen (secondary N) is 1. The molecule has 0 aliphatic carbocycles. The van der Waals surface area contributed by atoms with Crippen molar-refractivity contribution in [3.8, 4) is 0 Å². The number of carboxylic acids is 1. The average Bonchev–Trinajstić information content (AvgIpc) is 2.53. The smallest absolute Gasteiger partial charge is 0.323 e. The molecule has 2 unspecified atom stereocenters. The topological polar surface area (TPSA) is 86.7 Å². The van der Waals surface area contributed by atoms with Gasteiger partial charge in [-0.3, -0.25) is 14.4 Å². The highest BCUT2D eigenvalue weighted by atomic mass is 35.5. The fourth-order valence-electron chi connectivity index (χ4n) is 2.08. The SMILES string of the molecule is CCC(C)N(CC(=O)O)C(=O)C(C)NC(=O)c1cccc(Cl)c1Cl. The third-order valence-electron chi connectivity index (χ3n) is 3.63. The molecule has 0 radical (unpaired) electrons. The lowest BCUT2D eigenvalue weighted by atomic mass is 10.1. The Morgan fingerprint density at radius 3 is 2.42 bits per heavy atom. The van der Waals surface area contributed by atoms with Crippen molar-refractivity contribution in [3.05, 3.63) is 33.8 Å². The van der Waals surface area contributed by atoms with E-state index in [2.05, 4.69) is 5.32 Å². The molecule has 1 aromatic rings. The van der Waals surface area contributed by atoms with Crippen molar-refractivity contribution in [1.29, 1.82) is 0 Å². The van der Waals surface area contributed by atoms with Crippen molar-refractivity contribution in [2.45, 2.75) is 39.3 Å². The molecule has 6 nitrogen and oxygen atoms in total. The van der Waals surface area contributed by atoms with Crippen LogP contribution in [0.25, 0.3) is 0 Å². The highest BCUT2D eigenvalue weighted by Crippen LogP contribution is 2.25. The molecule has 2 N–H and O–H groups in total. The lowest BCUT2D eigenvalue weighted by Gasteiger charge is -2.29. The Morgan fingerprint density at radius 2 is 1.88 bits per heavy atom. The average molecular weight is 375 g/mol. The standard InChI is InChI=1S/C16H20Cl2N2O4/c1-4-9(2)20(8-13(21)22)16(24)10(3)19-15(23)11-6-5-7-12(17)14(11)18/h5-7,9-10H,4,8H2,1-3H3,(H,19,23)(H,21,22). The largest absolute Gasteiger partial charge is 0.480 e. The Kier molecular flexibility index (Phi) is 7.51. The number of hydrogen-bond donors (Lipinski definition) is 2. The predicted octanol–water partition coefficient (Wildman–Crippen LogP) is 2.82. The predicted molar refractivity (Wildman–Crippen MR) is 92.5 cm³/mol. The van der Waals surface area contributed by atoms with E-state index in [4.69, 9.17) is 28.3 Å². The summed E-state index contributed by atoms with van der Waals surface area (Å²) in [5, 5.41) is 11.8. The van der Waals surface area contributed by atoms with Crippen LogP contribution in [0.5, 0.6) is 0 Å². The van der Waals surface area contributed by atoms with Crippen LogP contribution in [-0.2, 0) is 9.59 Å². The zero-order valence-corrected chi connectivity index (χ0v) is 15.2. The normalized spacial score (nSPS) is 13.0. The lowest BCUT2D eigenvalue weighted by molar-refractivity contribution is -0.146. The molecular weight excluding hydrogens is 355 g/mol. The number of amides is 2. The number of aliphatic carboxylic acids is 1. The molecule has 0 aromatic heterocycles. The number of nitrogens with zero attached hydrogens (tertiary/aromatic N) is 1. The van der Waals surface area contributed by atoms with Crippen LogP contribution in [0.15, 0.2) is 18.2 Å². The number of rotatable bonds is 7. The molecule has 0 saturated heterocycles. The number of carbonyl (C=O) groups is 3. The summed E-state index contributed by atoms with van der Waals surface area (Å²) in [4.78, 5) is 37.0. The Balaban J connectivity index is 2.89. The van der Waals surface area contributed by atoms with Gasteiger partial charge in [0.2, 0.25) is 5.91 Å². The van der Waals surface area contributed by atoms with Gasteiger partial charge in [0.1, 0.15) is 12.6 Å². The van der Waals surface area contributed by atoms with E-state index in [-0.39, 0.29) is 21.7 Å². The van der Waals surface area contributed by atoms with Gasteiger partial charge in [-0.15, -0.1) is 0 Å². The summed E-state index contributed by atoms with van der Waals surface area (Å²) in [6.45, 7) is 4.67. The molecule has 2 atom stereocenters. The first-order valence-electron chi connectivity index (χ1n) is 7.46. The minimum atomic E-state index is -1.11. The number of halogens is 2. The van der Waals surface area contributed by atoms with Gasteiger partial charge < -0.3 is 15.3 Å². The number of carbonyl (C=O) groups excluding carboxylic acids is 2. The second-order valence-electron chi connectivity index (χ2n) is 5.41. The van der Waals surface area contributed by atoms with E-state index in [1.165, 1.54) is 17.9 Å². The summed E-state index contributed by atoms with van der Waals surface area (Å²) in [5.41, 5.74) is 0.150. The molecule has 0 spiro atoms. The zero-order chi connectivity index (χ0) is 18.4. The van der Waals surface area contributed by atoms with Crippen molar-refractivity contribution < 1.29 is 19.5 Å². The monoisotopic (exact) mass is 374 g/mol. The van der Waals surface area contributed by atoms with Crippen molar-refractivity contribution in [2.75, 3.05) is 6.54 Å². The Hall–Kier alpha value is -1.79. The third-order valence-corrected chi connectivity index (χ3v) is 4.44. The first-order chi connectivity index (χ1) is 11.2. The minimum Gasteiger partial charge on any atom is -0.480 e. The number of hydrogen-bond acceptors (Lipinski definition) is 3. The summed E-state index contributed by atoms with van der Waals surface area (Å²) >= 11 is 11.9. The summed E-state index contributed by atoms with van der Waals surface area (Å²) in [6.07, 6.45) is 0.597. The van der Waals surface area contributed by atoms with Gasteiger partial charge in [-0.25, -0.2) is 0 Å². The van der Waals surface area contributed by atoms with E-state index in [1.54, 1.807) is 19.1 Å². The summed E-state index contributed by atoms with van der Waals surface area (Å²) < 4.78 is 0. The number of benzene rings is 1. The summed E-state index contributed by atoms with van der Waals surface area (Å²) in [5.74, 6) is -2.14. The minimum absolute atomic E-state index is 0.0978. The Bertz CT molecular complexity index is 637. The molecule has 1 rings (SSSR count). The van der Waals surface area contributed by atoms with Crippen LogP contribution in [0.3, 0.4) is 0 Å². The van der Waals surface area contributed by atoms with Crippen LogP contribution < -0.4 is 5.32 Å². The van der Waals surface area contributed by atoms with Crippen LogP contribution in [0.1, 0.15) is 37.6 Å². The molecule has 0 bridgehead atoms. The Morgan fingerprint density at radius 1 is 1.25 bits per heavy atom. The molecule has 0 saturated carbocycles. The molecule has 0 aliphatic rings. The van der Waals surface area contributed by atoms with Crippen LogP contribution in [0.2, 0.25) is 10.0 Å². The molecule has 2 amide bonds. The van der Waals surface area contributed by atoms with E-state index in [1.807, 2.05) is 6.92 Å². The van der Waals surface area contributed by atoms with Gasteiger partial charge in [0.05, 0.1) is 15.6 Å².